The molecule has 0 radical (unpaired) electrons. The molecule has 1 aliphatic rings. The van der Waals surface area contributed by atoms with Crippen LogP contribution in [0.25, 0.3) is 0 Å². The molecule has 1 aromatic heterocycles. The van der Waals surface area contributed by atoms with Crippen molar-refractivity contribution >= 4 is 11.8 Å². The fraction of sp³-hybridized carbons (Fsp3) is 0.455. The minimum absolute atomic E-state index is 0.0204. The van der Waals surface area contributed by atoms with Crippen LogP contribution in [0.3, 0.4) is 0 Å². The number of amides is 2. The summed E-state index contributed by atoms with van der Waals surface area (Å²) in [5.41, 5.74) is 1.03. The van der Waals surface area contributed by atoms with Gasteiger partial charge in [-0.3, -0.25) is 9.59 Å². The van der Waals surface area contributed by atoms with Crippen LogP contribution < -0.4 is 0 Å². The van der Waals surface area contributed by atoms with Gasteiger partial charge in [-0.05, 0) is 37.5 Å². The number of hydrogen-bond donors (Lipinski definition) is 0. The largest absolute Gasteiger partial charge is 0.464 e. The minimum Gasteiger partial charge on any atom is -0.464 e. The van der Waals surface area contributed by atoms with E-state index in [1.807, 2.05) is 49.4 Å². The van der Waals surface area contributed by atoms with Crippen LogP contribution in [0.5, 0.6) is 0 Å². The maximum atomic E-state index is 13.1. The Morgan fingerprint density at radius 1 is 1.07 bits per heavy atom. The van der Waals surface area contributed by atoms with E-state index < -0.39 is 0 Å². The second-order valence-corrected chi connectivity index (χ2v) is 7.28. The number of furan rings is 1. The van der Waals surface area contributed by atoms with Crippen molar-refractivity contribution in [2.24, 2.45) is 0 Å². The van der Waals surface area contributed by atoms with Gasteiger partial charge in [-0.2, -0.15) is 0 Å². The summed E-state index contributed by atoms with van der Waals surface area (Å²) in [4.78, 5) is 28.5. The van der Waals surface area contributed by atoms with Crippen LogP contribution in [0.4, 0.5) is 0 Å². The van der Waals surface area contributed by atoms with Crippen molar-refractivity contribution in [1.82, 2.24) is 9.80 Å². The lowest BCUT2D eigenvalue weighted by molar-refractivity contribution is -0.141. The first kappa shape index (κ1) is 20.1. The quantitative estimate of drug-likeness (QED) is 0.701. The van der Waals surface area contributed by atoms with Crippen LogP contribution in [0.2, 0.25) is 0 Å². The van der Waals surface area contributed by atoms with Crippen molar-refractivity contribution in [2.75, 3.05) is 19.7 Å². The van der Waals surface area contributed by atoms with Crippen molar-refractivity contribution in [1.29, 1.82) is 0 Å². The molecule has 1 unspecified atom stereocenters. The number of ether oxygens (including phenoxy) is 1. The molecule has 2 amide bonds. The zero-order valence-electron chi connectivity index (χ0n) is 16.6. The fourth-order valence-electron chi connectivity index (χ4n) is 3.40. The van der Waals surface area contributed by atoms with E-state index in [4.69, 9.17) is 9.15 Å². The predicted octanol–water partition coefficient (Wildman–Crippen LogP) is 3.14. The van der Waals surface area contributed by atoms with Crippen LogP contribution in [-0.4, -0.2) is 47.4 Å². The molecule has 1 saturated heterocycles. The Labute approximate surface area is 166 Å². The molecule has 1 aromatic carbocycles. The number of aryl methyl sites for hydroxylation is 1. The summed E-state index contributed by atoms with van der Waals surface area (Å²) in [7, 11) is 0. The Balaban J connectivity index is 1.70. The number of nitrogens with zero attached hydrogens (tertiary/aromatic N) is 2. The van der Waals surface area contributed by atoms with Crippen LogP contribution in [-0.2, 0) is 27.4 Å². The SMILES string of the molecule is CC(=O)N(CC(=O)N(Cc1ccccc1)Cc1ccc(C)o1)CC1CCCO1. The standard InChI is InChI=1S/C22H28N2O4/c1-17-10-11-21(28-17)15-24(13-19-7-4-3-5-8-19)22(26)16-23(18(2)25)14-20-9-6-12-27-20/h3-5,7-8,10-11,20H,6,9,12-16H2,1-2H3. The Morgan fingerprint density at radius 2 is 1.86 bits per heavy atom. The van der Waals surface area contributed by atoms with Gasteiger partial charge in [-0.15, -0.1) is 0 Å². The maximum Gasteiger partial charge on any atom is 0.242 e. The van der Waals surface area contributed by atoms with Crippen LogP contribution in [0, 0.1) is 6.92 Å². The molecular weight excluding hydrogens is 356 g/mol. The van der Waals surface area contributed by atoms with Gasteiger partial charge in [0.2, 0.25) is 11.8 Å². The molecular formula is C22H28N2O4. The van der Waals surface area contributed by atoms with Gasteiger partial charge in [0, 0.05) is 26.6 Å². The zero-order valence-corrected chi connectivity index (χ0v) is 16.6. The highest BCUT2D eigenvalue weighted by molar-refractivity contribution is 5.83. The van der Waals surface area contributed by atoms with E-state index in [1.54, 1.807) is 9.80 Å². The number of rotatable bonds is 8. The summed E-state index contributed by atoms with van der Waals surface area (Å²) < 4.78 is 11.3. The first-order chi connectivity index (χ1) is 13.5. The summed E-state index contributed by atoms with van der Waals surface area (Å²) in [5, 5.41) is 0. The fourth-order valence-corrected chi connectivity index (χ4v) is 3.40. The third-order valence-corrected chi connectivity index (χ3v) is 4.93. The number of hydrogen-bond acceptors (Lipinski definition) is 4. The lowest BCUT2D eigenvalue weighted by Gasteiger charge is -2.28. The van der Waals surface area contributed by atoms with Gasteiger partial charge < -0.3 is 19.0 Å². The molecule has 1 fully saturated rings. The number of benzene rings is 1. The molecule has 0 saturated carbocycles. The molecule has 6 nitrogen and oxygen atoms in total. The highest BCUT2D eigenvalue weighted by atomic mass is 16.5. The van der Waals surface area contributed by atoms with Crippen LogP contribution >= 0.6 is 0 Å². The van der Waals surface area contributed by atoms with Gasteiger partial charge >= 0.3 is 0 Å². The van der Waals surface area contributed by atoms with Crippen molar-refractivity contribution in [3.63, 3.8) is 0 Å². The van der Waals surface area contributed by atoms with E-state index >= 15 is 0 Å². The average Bonchev–Trinajstić information content (AvgIpc) is 3.33. The summed E-state index contributed by atoms with van der Waals surface area (Å²) in [6.45, 7) is 5.44. The second-order valence-electron chi connectivity index (χ2n) is 7.28. The highest BCUT2D eigenvalue weighted by Gasteiger charge is 2.25. The van der Waals surface area contributed by atoms with Gasteiger partial charge in [0.15, 0.2) is 0 Å². The zero-order chi connectivity index (χ0) is 19.9. The van der Waals surface area contributed by atoms with Gasteiger partial charge in [-0.1, -0.05) is 30.3 Å². The average molecular weight is 384 g/mol. The van der Waals surface area contributed by atoms with Crippen molar-refractivity contribution in [2.45, 2.75) is 45.9 Å². The topological polar surface area (TPSA) is 63.0 Å². The summed E-state index contributed by atoms with van der Waals surface area (Å²) >= 11 is 0. The van der Waals surface area contributed by atoms with E-state index in [0.717, 1.165) is 36.5 Å². The van der Waals surface area contributed by atoms with Crippen molar-refractivity contribution in [3.05, 3.63) is 59.5 Å². The minimum atomic E-state index is -0.114. The van der Waals surface area contributed by atoms with Gasteiger partial charge in [0.1, 0.15) is 11.5 Å². The van der Waals surface area contributed by atoms with E-state index in [-0.39, 0.29) is 24.5 Å². The van der Waals surface area contributed by atoms with Crippen LogP contribution in [0.15, 0.2) is 46.9 Å². The van der Waals surface area contributed by atoms with Gasteiger partial charge in [-0.25, -0.2) is 0 Å². The van der Waals surface area contributed by atoms with Crippen LogP contribution in [0.1, 0.15) is 36.8 Å². The molecule has 3 rings (SSSR count). The van der Waals surface area contributed by atoms with Gasteiger partial charge in [0.05, 0.1) is 19.2 Å². The molecule has 6 heteroatoms. The Morgan fingerprint density at radius 3 is 2.46 bits per heavy atom. The van der Waals surface area contributed by atoms with E-state index in [9.17, 15) is 9.59 Å². The third kappa shape index (κ3) is 5.70. The molecule has 1 aliphatic heterocycles. The van der Waals surface area contributed by atoms with E-state index in [0.29, 0.717) is 19.6 Å². The molecule has 0 bridgehead atoms. The molecule has 1 atom stereocenters. The molecule has 28 heavy (non-hydrogen) atoms. The van der Waals surface area contributed by atoms with E-state index in [2.05, 4.69) is 0 Å². The number of carbonyl (C=O) groups is 2. The smallest absolute Gasteiger partial charge is 0.242 e. The predicted molar refractivity (Wildman–Crippen MR) is 105 cm³/mol. The van der Waals surface area contributed by atoms with Crippen molar-refractivity contribution in [3.8, 4) is 0 Å². The molecule has 0 aliphatic carbocycles. The van der Waals surface area contributed by atoms with Gasteiger partial charge in [0.25, 0.3) is 0 Å². The molecule has 0 spiro atoms. The molecule has 2 heterocycles. The summed E-state index contributed by atoms with van der Waals surface area (Å²) in [6, 6.07) is 13.6. The molecule has 2 aromatic rings. The van der Waals surface area contributed by atoms with Crippen molar-refractivity contribution < 1.29 is 18.7 Å². The third-order valence-electron chi connectivity index (χ3n) is 4.93. The Bertz CT molecular complexity index is 781. The first-order valence-electron chi connectivity index (χ1n) is 9.75. The molecule has 0 N–H and O–H groups in total. The first-order valence-corrected chi connectivity index (χ1v) is 9.75. The maximum absolute atomic E-state index is 13.1. The normalized spacial score (nSPS) is 16.1. The summed E-state index contributed by atoms with van der Waals surface area (Å²) in [5.74, 6) is 1.32. The second kappa shape index (κ2) is 9.55. The van der Waals surface area contributed by atoms with E-state index in [1.165, 1.54) is 6.92 Å². The lowest BCUT2D eigenvalue weighted by Crippen LogP contribution is -2.44. The number of carbonyl (C=O) groups excluding carboxylic acids is 2. The lowest BCUT2D eigenvalue weighted by atomic mass is 10.2. The Kier molecular flexibility index (Phi) is 6.87. The highest BCUT2D eigenvalue weighted by Crippen LogP contribution is 2.16. The molecule has 150 valence electrons. The Hall–Kier alpha value is -2.60. The monoisotopic (exact) mass is 384 g/mol. The summed E-state index contributed by atoms with van der Waals surface area (Å²) in [6.07, 6.45) is 1.95.